The fourth-order valence-corrected chi connectivity index (χ4v) is 6.46. The maximum atomic E-state index is 13.0. The van der Waals surface area contributed by atoms with Crippen molar-refractivity contribution in [3.05, 3.63) is 83.1 Å². The minimum atomic E-state index is -2.18. The third-order valence-corrected chi connectivity index (χ3v) is 12.8. The van der Waals surface area contributed by atoms with Gasteiger partial charge in [-0.15, -0.1) is 0 Å². The number of aliphatic hydroxyl groups excluding tert-OH is 1. The number of ketones is 1. The van der Waals surface area contributed by atoms with Gasteiger partial charge in [0.15, 0.2) is 14.1 Å². The van der Waals surface area contributed by atoms with Crippen LogP contribution in [-0.2, 0) is 9.22 Å². The van der Waals surface area contributed by atoms with Gasteiger partial charge in [-0.1, -0.05) is 81.4 Å². The number of allylic oxidation sites excluding steroid dienone is 1. The van der Waals surface area contributed by atoms with Crippen LogP contribution >= 0.6 is 0 Å². The van der Waals surface area contributed by atoms with Gasteiger partial charge >= 0.3 is 0 Å². The molecule has 0 unspecified atom stereocenters. The number of carbonyl (C=O) groups excluding carboxylic acids is 1. The van der Waals surface area contributed by atoms with Crippen LogP contribution in [0.2, 0.25) is 18.1 Å². The van der Waals surface area contributed by atoms with Crippen molar-refractivity contribution in [1.82, 2.24) is 4.90 Å². The molecule has 1 aliphatic heterocycles. The summed E-state index contributed by atoms with van der Waals surface area (Å²) in [4.78, 5) is 15.3. The van der Waals surface area contributed by atoms with Gasteiger partial charge in [-0.3, -0.25) is 4.79 Å². The van der Waals surface area contributed by atoms with Crippen molar-refractivity contribution in [1.29, 1.82) is 0 Å². The summed E-state index contributed by atoms with van der Waals surface area (Å²) in [6.07, 6.45) is 1.92. The molecule has 4 rings (SSSR count). The Morgan fingerprint density at radius 1 is 0.971 bits per heavy atom. The molecule has 2 aromatic rings. The second-order valence-corrected chi connectivity index (χ2v) is 16.4. The van der Waals surface area contributed by atoms with Crippen LogP contribution in [0.4, 0.5) is 0 Å². The SMILES string of the molecule is C[C@H]1[C@H](O)CC2=C(CCCC2=O)N1[C@@H](c1ccccc1)[C@H](O[Si](C)(C)C(C)(C)C)c1ccccc1. The molecule has 4 atom stereocenters. The van der Waals surface area contributed by atoms with Crippen LogP contribution in [0.15, 0.2) is 71.9 Å². The third kappa shape index (κ3) is 5.18. The van der Waals surface area contributed by atoms with E-state index in [4.69, 9.17) is 4.43 Å². The first-order valence-corrected chi connectivity index (χ1v) is 15.9. The number of benzene rings is 2. The minimum Gasteiger partial charge on any atom is -0.407 e. The van der Waals surface area contributed by atoms with Gasteiger partial charge in [0.2, 0.25) is 0 Å². The van der Waals surface area contributed by atoms with Gasteiger partial charge in [0.05, 0.1) is 24.3 Å². The number of carbonyl (C=O) groups is 1. The maximum Gasteiger partial charge on any atom is 0.193 e. The molecule has 0 radical (unpaired) electrons. The highest BCUT2D eigenvalue weighted by molar-refractivity contribution is 6.74. The lowest BCUT2D eigenvalue weighted by Crippen LogP contribution is -2.51. The molecule has 1 aliphatic carbocycles. The van der Waals surface area contributed by atoms with Crippen molar-refractivity contribution in [2.45, 2.75) is 95.8 Å². The topological polar surface area (TPSA) is 49.8 Å². The molecule has 0 saturated heterocycles. The highest BCUT2D eigenvalue weighted by Crippen LogP contribution is 2.49. The monoisotopic (exact) mass is 491 g/mol. The summed E-state index contributed by atoms with van der Waals surface area (Å²) < 4.78 is 7.26. The Labute approximate surface area is 212 Å². The number of nitrogens with zero attached hydrogens (tertiary/aromatic N) is 1. The number of hydrogen-bond donors (Lipinski definition) is 1. The van der Waals surface area contributed by atoms with Crippen LogP contribution in [-0.4, -0.2) is 36.3 Å². The first kappa shape index (κ1) is 25.9. The van der Waals surface area contributed by atoms with Gasteiger partial charge in [0.1, 0.15) is 0 Å². The molecule has 2 aliphatic rings. The molecule has 1 N–H and O–H groups in total. The zero-order valence-corrected chi connectivity index (χ0v) is 23.1. The standard InChI is InChI=1S/C30H41NO3Si/c1-21-27(33)20-24-25(18-13-19-26(24)32)31(21)28(22-14-9-7-10-15-22)29(23-16-11-8-12-17-23)34-35(5,6)30(2,3)4/h7-12,14-17,21,27-29,33H,13,18-20H2,1-6H3/t21-,27+,28-,29+/m0/s1. The molecule has 0 amide bonds. The van der Waals surface area contributed by atoms with E-state index in [1.165, 1.54) is 0 Å². The van der Waals surface area contributed by atoms with Gasteiger partial charge < -0.3 is 14.4 Å². The van der Waals surface area contributed by atoms with E-state index in [1.807, 2.05) is 12.1 Å². The first-order valence-electron chi connectivity index (χ1n) is 13.0. The molecule has 5 heteroatoms. The fraction of sp³-hybridized carbons (Fsp3) is 0.500. The highest BCUT2D eigenvalue weighted by atomic mass is 28.4. The predicted octanol–water partition coefficient (Wildman–Crippen LogP) is 6.95. The third-order valence-electron chi connectivity index (χ3n) is 8.31. The lowest BCUT2D eigenvalue weighted by molar-refractivity contribution is -0.117. The van der Waals surface area contributed by atoms with Crippen molar-refractivity contribution in [2.24, 2.45) is 0 Å². The molecule has 2 aromatic carbocycles. The van der Waals surface area contributed by atoms with Crippen LogP contribution < -0.4 is 0 Å². The van der Waals surface area contributed by atoms with Gasteiger partial charge in [0.25, 0.3) is 0 Å². The summed E-state index contributed by atoms with van der Waals surface area (Å²) >= 11 is 0. The Hall–Kier alpha value is -2.21. The smallest absolute Gasteiger partial charge is 0.193 e. The van der Waals surface area contributed by atoms with E-state index in [0.717, 1.165) is 35.2 Å². The molecule has 0 aromatic heterocycles. The average molecular weight is 492 g/mol. The minimum absolute atomic E-state index is 0.0412. The Kier molecular flexibility index (Phi) is 7.42. The van der Waals surface area contributed by atoms with Crippen LogP contribution in [0.25, 0.3) is 0 Å². The van der Waals surface area contributed by atoms with E-state index >= 15 is 0 Å². The Morgan fingerprint density at radius 2 is 1.54 bits per heavy atom. The Morgan fingerprint density at radius 3 is 2.11 bits per heavy atom. The van der Waals surface area contributed by atoms with Crippen LogP contribution in [0.5, 0.6) is 0 Å². The van der Waals surface area contributed by atoms with E-state index in [0.29, 0.717) is 12.8 Å². The molecular formula is C30H41NO3Si. The summed E-state index contributed by atoms with van der Waals surface area (Å²) in [6, 6.07) is 20.7. The molecule has 0 bridgehead atoms. The lowest BCUT2D eigenvalue weighted by Gasteiger charge is -2.51. The Bertz CT molecular complexity index is 1060. The normalized spacial score (nSPS) is 23.2. The predicted molar refractivity (Wildman–Crippen MR) is 144 cm³/mol. The summed E-state index contributed by atoms with van der Waals surface area (Å²) in [5.74, 6) is 0.190. The van der Waals surface area contributed by atoms with Gasteiger partial charge in [-0.05, 0) is 49.0 Å². The maximum absolute atomic E-state index is 13.0. The molecule has 188 valence electrons. The van der Waals surface area contributed by atoms with E-state index in [9.17, 15) is 9.90 Å². The molecule has 0 saturated carbocycles. The van der Waals surface area contributed by atoms with Crippen molar-refractivity contribution in [3.8, 4) is 0 Å². The first-order chi connectivity index (χ1) is 16.5. The quantitative estimate of drug-likeness (QED) is 0.444. The molecule has 0 fully saturated rings. The lowest BCUT2D eigenvalue weighted by atomic mass is 9.81. The average Bonchev–Trinajstić information content (AvgIpc) is 2.82. The summed E-state index contributed by atoms with van der Waals surface area (Å²) in [5.41, 5.74) is 4.20. The van der Waals surface area contributed by atoms with Crippen molar-refractivity contribution < 1.29 is 14.3 Å². The van der Waals surface area contributed by atoms with Crippen molar-refractivity contribution in [3.63, 3.8) is 0 Å². The molecule has 35 heavy (non-hydrogen) atoms. The number of Topliss-reactive ketones (excluding diaryl/α,β-unsaturated/α-hetero) is 1. The molecular weight excluding hydrogens is 450 g/mol. The van der Waals surface area contributed by atoms with Crippen LogP contribution in [0, 0.1) is 0 Å². The fourth-order valence-electron chi connectivity index (χ4n) is 5.21. The summed E-state index contributed by atoms with van der Waals surface area (Å²) in [7, 11) is -2.18. The largest absolute Gasteiger partial charge is 0.407 e. The Balaban J connectivity index is 1.93. The van der Waals surface area contributed by atoms with E-state index < -0.39 is 14.4 Å². The highest BCUT2D eigenvalue weighted by Gasteiger charge is 2.46. The summed E-state index contributed by atoms with van der Waals surface area (Å²) in [5, 5.41) is 11.2. The molecule has 0 spiro atoms. The number of rotatable bonds is 6. The molecule has 1 heterocycles. The molecule has 4 nitrogen and oxygen atoms in total. The van der Waals surface area contributed by atoms with Gasteiger partial charge in [0, 0.05) is 24.1 Å². The van der Waals surface area contributed by atoms with Crippen molar-refractivity contribution >= 4 is 14.1 Å². The number of aliphatic hydroxyl groups is 1. The van der Waals surface area contributed by atoms with E-state index in [-0.39, 0.29) is 29.0 Å². The summed E-state index contributed by atoms with van der Waals surface area (Å²) in [6.45, 7) is 13.5. The second kappa shape index (κ2) is 10.0. The van der Waals surface area contributed by atoms with Crippen molar-refractivity contribution in [2.75, 3.05) is 0 Å². The van der Waals surface area contributed by atoms with Crippen LogP contribution in [0.3, 0.4) is 0 Å². The zero-order chi connectivity index (χ0) is 25.4. The van der Waals surface area contributed by atoms with Gasteiger partial charge in [-0.2, -0.15) is 0 Å². The van der Waals surface area contributed by atoms with Crippen LogP contribution in [0.1, 0.15) is 76.7 Å². The van der Waals surface area contributed by atoms with E-state index in [2.05, 4.69) is 94.2 Å². The zero-order valence-electron chi connectivity index (χ0n) is 22.1. The van der Waals surface area contributed by atoms with Gasteiger partial charge in [-0.25, -0.2) is 0 Å². The second-order valence-electron chi connectivity index (χ2n) is 11.7. The number of hydrogen-bond acceptors (Lipinski definition) is 4. The van der Waals surface area contributed by atoms with E-state index in [1.54, 1.807) is 0 Å².